The minimum Gasteiger partial charge on any atom is -0.439 e. The smallest absolute Gasteiger partial charge is 0.322 e. The van der Waals surface area contributed by atoms with Gasteiger partial charge in [0.15, 0.2) is 0 Å². The van der Waals surface area contributed by atoms with Gasteiger partial charge in [0.1, 0.15) is 5.75 Å². The monoisotopic (exact) mass is 439 g/mol. The van der Waals surface area contributed by atoms with Gasteiger partial charge in [0, 0.05) is 43.9 Å². The molecule has 33 heavy (non-hydrogen) atoms. The molecule has 3 aromatic heterocycles. The van der Waals surface area contributed by atoms with Crippen LogP contribution < -0.4 is 10.1 Å². The van der Waals surface area contributed by atoms with Crippen molar-refractivity contribution in [1.82, 2.24) is 19.9 Å². The van der Waals surface area contributed by atoms with E-state index in [0.29, 0.717) is 24.7 Å². The van der Waals surface area contributed by atoms with E-state index in [1.807, 2.05) is 42.5 Å². The number of pyridine rings is 3. The summed E-state index contributed by atoms with van der Waals surface area (Å²) in [5.74, 6) is 1.20. The van der Waals surface area contributed by atoms with Crippen LogP contribution >= 0.6 is 0 Å². The zero-order valence-electron chi connectivity index (χ0n) is 18.4. The van der Waals surface area contributed by atoms with E-state index in [4.69, 9.17) is 4.74 Å². The molecule has 4 rings (SSSR count). The van der Waals surface area contributed by atoms with Crippen molar-refractivity contribution in [3.05, 3.63) is 108 Å². The van der Waals surface area contributed by atoms with E-state index in [2.05, 4.69) is 33.3 Å². The number of hydrogen-bond donors (Lipinski definition) is 1. The van der Waals surface area contributed by atoms with Crippen LogP contribution in [0, 0.1) is 0 Å². The highest BCUT2D eigenvalue weighted by atomic mass is 16.5. The molecule has 0 bridgehead atoms. The van der Waals surface area contributed by atoms with E-state index in [0.717, 1.165) is 23.3 Å². The van der Waals surface area contributed by atoms with Crippen molar-refractivity contribution in [2.45, 2.75) is 26.4 Å². The number of rotatable bonds is 8. The van der Waals surface area contributed by atoms with E-state index >= 15 is 0 Å². The molecule has 3 heterocycles. The van der Waals surface area contributed by atoms with Crippen LogP contribution in [0.4, 0.5) is 10.5 Å². The summed E-state index contributed by atoms with van der Waals surface area (Å²) in [6.07, 6.45) is 9.43. The lowest BCUT2D eigenvalue weighted by molar-refractivity contribution is 0.206. The Hall–Kier alpha value is -4.26. The van der Waals surface area contributed by atoms with Gasteiger partial charge in [0.05, 0.1) is 11.9 Å². The first-order valence-electron chi connectivity index (χ1n) is 10.8. The minimum atomic E-state index is -0.234. The average Bonchev–Trinajstić information content (AvgIpc) is 2.86. The van der Waals surface area contributed by atoms with E-state index in [1.165, 1.54) is 5.56 Å². The van der Waals surface area contributed by atoms with Gasteiger partial charge in [-0.25, -0.2) is 9.78 Å². The maximum atomic E-state index is 13.1. The molecule has 0 aliphatic heterocycles. The van der Waals surface area contributed by atoms with E-state index < -0.39 is 0 Å². The first kappa shape index (κ1) is 22.0. The van der Waals surface area contributed by atoms with Gasteiger partial charge in [-0.2, -0.15) is 0 Å². The van der Waals surface area contributed by atoms with Crippen LogP contribution in [0.25, 0.3) is 0 Å². The largest absolute Gasteiger partial charge is 0.439 e. The second kappa shape index (κ2) is 10.9. The zero-order valence-corrected chi connectivity index (χ0v) is 18.4. The highest BCUT2D eigenvalue weighted by Gasteiger charge is 2.15. The van der Waals surface area contributed by atoms with Crippen molar-refractivity contribution in [1.29, 1.82) is 0 Å². The third kappa shape index (κ3) is 6.36. The van der Waals surface area contributed by atoms with Crippen molar-refractivity contribution in [2.24, 2.45) is 0 Å². The average molecular weight is 440 g/mol. The number of aryl methyl sites for hydroxylation is 1. The van der Waals surface area contributed by atoms with Gasteiger partial charge < -0.3 is 15.0 Å². The number of carbonyl (C=O) groups excluding carboxylic acids is 1. The molecule has 7 nitrogen and oxygen atoms in total. The maximum absolute atomic E-state index is 13.1. The Morgan fingerprint density at radius 2 is 1.70 bits per heavy atom. The predicted octanol–water partition coefficient (Wildman–Crippen LogP) is 5.46. The Kier molecular flexibility index (Phi) is 7.22. The molecule has 0 unspecified atom stereocenters. The molecule has 0 spiro atoms. The molecule has 7 heteroatoms. The second-order valence-corrected chi connectivity index (χ2v) is 7.49. The molecule has 0 atom stereocenters. The number of anilines is 1. The molecule has 0 saturated heterocycles. The number of carbonyl (C=O) groups is 1. The standard InChI is InChI=1S/C26H25N5O2/c1-2-20-5-3-7-24(15-20)33-25-9-8-23(17-29-25)30-26(32)31(18-21-10-13-27-14-11-21)19-22-6-4-12-28-16-22/h3-17H,2,18-19H2,1H3,(H,30,32). The molecule has 166 valence electrons. The summed E-state index contributed by atoms with van der Waals surface area (Å²) in [6.45, 7) is 2.96. The van der Waals surface area contributed by atoms with Gasteiger partial charge in [-0.05, 0) is 59.5 Å². The number of aromatic nitrogens is 3. The van der Waals surface area contributed by atoms with Crippen LogP contribution in [0.5, 0.6) is 11.6 Å². The van der Waals surface area contributed by atoms with Gasteiger partial charge in [-0.1, -0.05) is 25.1 Å². The van der Waals surface area contributed by atoms with Crippen LogP contribution in [0.3, 0.4) is 0 Å². The number of hydrogen-bond acceptors (Lipinski definition) is 5. The summed E-state index contributed by atoms with van der Waals surface area (Å²) < 4.78 is 5.84. The molecular formula is C26H25N5O2. The summed E-state index contributed by atoms with van der Waals surface area (Å²) in [7, 11) is 0. The Bertz CT molecular complexity index is 1130. The Morgan fingerprint density at radius 3 is 2.42 bits per heavy atom. The van der Waals surface area contributed by atoms with Gasteiger partial charge in [-0.3, -0.25) is 9.97 Å². The normalized spacial score (nSPS) is 10.5. The van der Waals surface area contributed by atoms with Crippen LogP contribution in [0.1, 0.15) is 23.6 Å². The van der Waals surface area contributed by atoms with Crippen molar-refractivity contribution < 1.29 is 9.53 Å². The molecule has 0 radical (unpaired) electrons. The summed E-state index contributed by atoms with van der Waals surface area (Å²) >= 11 is 0. The molecule has 2 amide bonds. The third-order valence-electron chi connectivity index (χ3n) is 5.02. The Balaban J connectivity index is 1.44. The summed E-state index contributed by atoms with van der Waals surface area (Å²) in [5.41, 5.74) is 3.71. The quantitative estimate of drug-likeness (QED) is 0.394. The minimum absolute atomic E-state index is 0.234. The predicted molar refractivity (Wildman–Crippen MR) is 127 cm³/mol. The third-order valence-corrected chi connectivity index (χ3v) is 5.02. The molecule has 0 fully saturated rings. The van der Waals surface area contributed by atoms with Crippen molar-refractivity contribution in [2.75, 3.05) is 5.32 Å². The topological polar surface area (TPSA) is 80.2 Å². The Labute approximate surface area is 193 Å². The number of urea groups is 1. The van der Waals surface area contributed by atoms with Gasteiger partial charge >= 0.3 is 6.03 Å². The fourth-order valence-electron chi connectivity index (χ4n) is 3.29. The molecule has 0 saturated carbocycles. The van der Waals surface area contributed by atoms with Crippen LogP contribution in [0.2, 0.25) is 0 Å². The van der Waals surface area contributed by atoms with Crippen molar-refractivity contribution in [3.63, 3.8) is 0 Å². The van der Waals surface area contributed by atoms with E-state index in [-0.39, 0.29) is 6.03 Å². The fourth-order valence-corrected chi connectivity index (χ4v) is 3.29. The molecule has 0 aliphatic carbocycles. The molecule has 0 aliphatic rings. The molecule has 4 aromatic rings. The van der Waals surface area contributed by atoms with Gasteiger partial charge in [0.25, 0.3) is 0 Å². The van der Waals surface area contributed by atoms with Crippen molar-refractivity contribution >= 4 is 11.7 Å². The Morgan fingerprint density at radius 1 is 0.879 bits per heavy atom. The summed E-state index contributed by atoms with van der Waals surface area (Å²) in [6, 6.07) is 18.8. The SMILES string of the molecule is CCc1cccc(Oc2ccc(NC(=O)N(Cc3ccncc3)Cc3cccnc3)cn2)c1. The van der Waals surface area contributed by atoms with Crippen LogP contribution in [-0.2, 0) is 19.5 Å². The number of benzene rings is 1. The lowest BCUT2D eigenvalue weighted by Gasteiger charge is -2.23. The highest BCUT2D eigenvalue weighted by Crippen LogP contribution is 2.22. The van der Waals surface area contributed by atoms with Gasteiger partial charge in [-0.15, -0.1) is 0 Å². The van der Waals surface area contributed by atoms with E-state index in [1.54, 1.807) is 48.0 Å². The number of nitrogens with one attached hydrogen (secondary N) is 1. The van der Waals surface area contributed by atoms with E-state index in [9.17, 15) is 4.79 Å². The maximum Gasteiger partial charge on any atom is 0.322 e. The number of amides is 2. The lowest BCUT2D eigenvalue weighted by Crippen LogP contribution is -2.34. The molecular weight excluding hydrogens is 414 g/mol. The molecule has 1 aromatic carbocycles. The molecule has 1 N–H and O–H groups in total. The van der Waals surface area contributed by atoms with Crippen LogP contribution in [-0.4, -0.2) is 25.9 Å². The lowest BCUT2D eigenvalue weighted by atomic mass is 10.2. The first-order valence-corrected chi connectivity index (χ1v) is 10.8. The fraction of sp³-hybridized carbons (Fsp3) is 0.154. The highest BCUT2D eigenvalue weighted by molar-refractivity contribution is 5.89. The summed E-state index contributed by atoms with van der Waals surface area (Å²) in [4.78, 5) is 27.3. The zero-order chi connectivity index (χ0) is 22.9. The second-order valence-electron chi connectivity index (χ2n) is 7.49. The first-order chi connectivity index (χ1) is 16.2. The number of nitrogens with zero attached hydrogens (tertiary/aromatic N) is 4. The van der Waals surface area contributed by atoms with Crippen molar-refractivity contribution in [3.8, 4) is 11.6 Å². The van der Waals surface area contributed by atoms with Crippen LogP contribution in [0.15, 0.2) is 91.6 Å². The number of ether oxygens (including phenoxy) is 1. The van der Waals surface area contributed by atoms with Gasteiger partial charge in [0.2, 0.25) is 5.88 Å². The summed E-state index contributed by atoms with van der Waals surface area (Å²) in [5, 5.41) is 2.92.